The third kappa shape index (κ3) is 3.96. The molecule has 0 aliphatic rings. The number of carbonyl (C=O) groups is 1. The topological polar surface area (TPSA) is 98.7 Å². The molecule has 0 atom stereocenters. The fourth-order valence-electron chi connectivity index (χ4n) is 2.20. The van der Waals surface area contributed by atoms with Crippen LogP contribution in [-0.4, -0.2) is 37.1 Å². The van der Waals surface area contributed by atoms with Gasteiger partial charge in [-0.2, -0.15) is 4.98 Å². The second kappa shape index (κ2) is 7.47. The maximum absolute atomic E-state index is 12.1. The minimum absolute atomic E-state index is 0.193. The average molecular weight is 354 g/mol. The van der Waals surface area contributed by atoms with Crippen LogP contribution >= 0.6 is 0 Å². The van der Waals surface area contributed by atoms with Crippen LogP contribution in [0.3, 0.4) is 0 Å². The van der Waals surface area contributed by atoms with E-state index in [1.165, 1.54) is 0 Å². The lowest BCUT2D eigenvalue weighted by Gasteiger charge is -2.05. The number of hydrogen-bond acceptors (Lipinski definition) is 6. The highest BCUT2D eigenvalue weighted by molar-refractivity contribution is 5.92. The Balaban J connectivity index is 1.73. The molecule has 1 N–H and O–H groups in total. The van der Waals surface area contributed by atoms with Crippen molar-refractivity contribution in [2.75, 3.05) is 6.54 Å². The van der Waals surface area contributed by atoms with Crippen molar-refractivity contribution in [3.8, 4) is 17.3 Å². The van der Waals surface area contributed by atoms with Crippen LogP contribution in [0.4, 0.5) is 0 Å². The molecular weight excluding hydrogens is 332 g/mol. The predicted octanol–water partition coefficient (Wildman–Crippen LogP) is 2.83. The predicted molar refractivity (Wildman–Crippen MR) is 95.9 cm³/mol. The third-order valence-electron chi connectivity index (χ3n) is 3.70. The van der Waals surface area contributed by atoms with Gasteiger partial charge in [0.2, 0.25) is 0 Å². The highest BCUT2D eigenvalue weighted by Crippen LogP contribution is 2.20. The summed E-state index contributed by atoms with van der Waals surface area (Å²) in [4.78, 5) is 24.9. The molecule has 26 heavy (non-hydrogen) atoms. The Labute approximate surface area is 151 Å². The van der Waals surface area contributed by atoms with Crippen molar-refractivity contribution in [3.63, 3.8) is 0 Å². The van der Waals surface area contributed by atoms with Gasteiger partial charge in [0.1, 0.15) is 17.8 Å². The smallest absolute Gasteiger partial charge is 0.271 e. The van der Waals surface area contributed by atoms with Crippen molar-refractivity contribution < 1.29 is 9.32 Å². The summed E-state index contributed by atoms with van der Waals surface area (Å²) in [7, 11) is 0. The highest BCUT2D eigenvalue weighted by Gasteiger charge is 2.13. The molecule has 0 spiro atoms. The first-order valence-corrected chi connectivity index (χ1v) is 8.56. The summed E-state index contributed by atoms with van der Waals surface area (Å²) in [6, 6.07) is 3.66. The maximum atomic E-state index is 12.1. The number of amides is 1. The Morgan fingerprint density at radius 1 is 1.23 bits per heavy atom. The Morgan fingerprint density at radius 3 is 2.65 bits per heavy atom. The van der Waals surface area contributed by atoms with Gasteiger partial charge in [0, 0.05) is 24.9 Å². The van der Waals surface area contributed by atoms with E-state index in [4.69, 9.17) is 4.52 Å². The molecule has 3 aromatic rings. The van der Waals surface area contributed by atoms with Gasteiger partial charge in [0.25, 0.3) is 11.8 Å². The van der Waals surface area contributed by atoms with Crippen LogP contribution < -0.4 is 5.32 Å². The van der Waals surface area contributed by atoms with Gasteiger partial charge in [-0.05, 0) is 18.1 Å². The first-order chi connectivity index (χ1) is 12.4. The molecule has 0 saturated heterocycles. The van der Waals surface area contributed by atoms with Gasteiger partial charge in [-0.1, -0.05) is 32.9 Å². The van der Waals surface area contributed by atoms with Crippen LogP contribution in [0.2, 0.25) is 0 Å². The fourth-order valence-corrected chi connectivity index (χ4v) is 2.20. The number of hydrogen-bond donors (Lipinski definition) is 1. The van der Waals surface area contributed by atoms with E-state index >= 15 is 0 Å². The van der Waals surface area contributed by atoms with Crippen molar-refractivity contribution in [1.82, 2.24) is 30.0 Å². The van der Waals surface area contributed by atoms with Gasteiger partial charge in [0.15, 0.2) is 5.82 Å². The van der Waals surface area contributed by atoms with Gasteiger partial charge in [-0.15, -0.1) is 0 Å². The molecule has 3 heterocycles. The quantitative estimate of drug-likeness (QED) is 0.731. The molecule has 8 heteroatoms. The van der Waals surface area contributed by atoms with E-state index in [0.29, 0.717) is 35.7 Å². The minimum atomic E-state index is -0.193. The van der Waals surface area contributed by atoms with Crippen LogP contribution in [0.1, 0.15) is 49.9 Å². The van der Waals surface area contributed by atoms with E-state index in [-0.39, 0.29) is 11.8 Å². The molecule has 0 unspecified atom stereocenters. The molecule has 136 valence electrons. The maximum Gasteiger partial charge on any atom is 0.271 e. The molecule has 0 bridgehead atoms. The Morgan fingerprint density at radius 2 is 2.04 bits per heavy atom. The van der Waals surface area contributed by atoms with Crippen molar-refractivity contribution >= 4 is 5.91 Å². The van der Waals surface area contributed by atoms with E-state index in [9.17, 15) is 4.79 Å². The second-order valence-electron chi connectivity index (χ2n) is 6.79. The van der Waals surface area contributed by atoms with E-state index < -0.39 is 0 Å². The van der Waals surface area contributed by atoms with Crippen LogP contribution in [-0.2, 0) is 0 Å². The summed E-state index contributed by atoms with van der Waals surface area (Å²) >= 11 is 0. The summed E-state index contributed by atoms with van der Waals surface area (Å²) in [6.07, 6.45) is 4.88. The Hall–Kier alpha value is -3.03. The summed E-state index contributed by atoms with van der Waals surface area (Å²) < 4.78 is 6.96. The SMILES string of the molecule is CC(C)CNC(=O)c1cn(-c2ccc(-c3nc(C(C)C)no3)cn2)cn1. The van der Waals surface area contributed by atoms with Crippen LogP contribution in [0, 0.1) is 5.92 Å². The zero-order valence-electron chi connectivity index (χ0n) is 15.3. The molecular formula is C18H22N6O2. The zero-order valence-corrected chi connectivity index (χ0v) is 15.3. The van der Waals surface area contributed by atoms with E-state index in [2.05, 4.69) is 25.4 Å². The first kappa shape index (κ1) is 17.8. The zero-order chi connectivity index (χ0) is 18.7. The summed E-state index contributed by atoms with van der Waals surface area (Å²) in [5.74, 6) is 2.14. The molecule has 3 aromatic heterocycles. The third-order valence-corrected chi connectivity index (χ3v) is 3.70. The summed E-state index contributed by atoms with van der Waals surface area (Å²) in [5, 5.41) is 6.79. The average Bonchev–Trinajstić information content (AvgIpc) is 3.29. The van der Waals surface area contributed by atoms with Crippen molar-refractivity contribution in [2.45, 2.75) is 33.6 Å². The normalized spacial score (nSPS) is 11.3. The number of pyridine rings is 1. The van der Waals surface area contributed by atoms with Crippen molar-refractivity contribution in [1.29, 1.82) is 0 Å². The first-order valence-electron chi connectivity index (χ1n) is 8.56. The molecule has 8 nitrogen and oxygen atoms in total. The number of nitrogens with zero attached hydrogens (tertiary/aromatic N) is 5. The Kier molecular flexibility index (Phi) is 5.11. The number of imidazole rings is 1. The number of aromatic nitrogens is 5. The lowest BCUT2D eigenvalue weighted by Crippen LogP contribution is -2.27. The van der Waals surface area contributed by atoms with Gasteiger partial charge in [0.05, 0.1) is 5.56 Å². The molecule has 3 rings (SSSR count). The van der Waals surface area contributed by atoms with E-state index in [0.717, 1.165) is 5.56 Å². The lowest BCUT2D eigenvalue weighted by molar-refractivity contribution is 0.0944. The van der Waals surface area contributed by atoms with Crippen LogP contribution in [0.15, 0.2) is 35.4 Å². The van der Waals surface area contributed by atoms with E-state index in [1.807, 2.05) is 39.8 Å². The largest absolute Gasteiger partial charge is 0.350 e. The molecule has 0 aliphatic heterocycles. The van der Waals surface area contributed by atoms with Gasteiger partial charge >= 0.3 is 0 Å². The van der Waals surface area contributed by atoms with Gasteiger partial charge in [-0.3, -0.25) is 9.36 Å². The summed E-state index contributed by atoms with van der Waals surface area (Å²) in [6.45, 7) is 8.70. The fraction of sp³-hybridized carbons (Fsp3) is 0.389. The molecule has 0 saturated carbocycles. The highest BCUT2D eigenvalue weighted by atomic mass is 16.5. The number of rotatable bonds is 6. The number of nitrogens with one attached hydrogen (secondary N) is 1. The van der Waals surface area contributed by atoms with Gasteiger partial charge < -0.3 is 9.84 Å². The Bertz CT molecular complexity index is 879. The van der Waals surface area contributed by atoms with Gasteiger partial charge in [-0.25, -0.2) is 9.97 Å². The van der Waals surface area contributed by atoms with Crippen molar-refractivity contribution in [3.05, 3.63) is 42.4 Å². The molecule has 0 aromatic carbocycles. The lowest BCUT2D eigenvalue weighted by atomic mass is 10.2. The molecule has 0 radical (unpaired) electrons. The second-order valence-corrected chi connectivity index (χ2v) is 6.79. The minimum Gasteiger partial charge on any atom is -0.350 e. The summed E-state index contributed by atoms with van der Waals surface area (Å²) in [5.41, 5.74) is 1.10. The van der Waals surface area contributed by atoms with Crippen LogP contribution in [0.5, 0.6) is 0 Å². The number of carbonyl (C=O) groups excluding carboxylic acids is 1. The standard InChI is InChI=1S/C18H22N6O2/c1-11(2)7-20-17(25)14-9-24(10-21-14)15-6-5-13(8-19-15)18-22-16(12(3)4)23-26-18/h5-6,8-12H,7H2,1-4H3,(H,20,25). The monoisotopic (exact) mass is 354 g/mol. The molecule has 1 amide bonds. The van der Waals surface area contributed by atoms with Crippen molar-refractivity contribution in [2.24, 2.45) is 5.92 Å². The molecule has 0 fully saturated rings. The molecule has 0 aliphatic carbocycles. The van der Waals surface area contributed by atoms with E-state index in [1.54, 1.807) is 23.3 Å². The van der Waals surface area contributed by atoms with Crippen LogP contribution in [0.25, 0.3) is 17.3 Å².